The number of ketones is 1. The highest BCUT2D eigenvalue weighted by Gasteiger charge is 2.66. The number of carbonyl (C=O) groups excluding carboxylic acids is 1. The van der Waals surface area contributed by atoms with Crippen LogP contribution in [0.3, 0.4) is 0 Å². The molecule has 3 aliphatic rings. The predicted molar refractivity (Wildman–Crippen MR) is 54.1 cm³/mol. The molecule has 0 N–H and O–H groups in total. The Hall–Kier alpha value is -0.410. The minimum atomic E-state index is 0.168. The molecule has 0 aliphatic heterocycles. The monoisotopic (exact) mass is 210 g/mol. The highest BCUT2D eigenvalue weighted by molar-refractivity contribution is 5.86. The van der Waals surface area contributed by atoms with Gasteiger partial charge in [-0.3, -0.25) is 4.79 Å². The van der Waals surface area contributed by atoms with Gasteiger partial charge in [0.2, 0.25) is 0 Å². The van der Waals surface area contributed by atoms with Crippen molar-refractivity contribution in [2.24, 2.45) is 29.6 Å². The lowest BCUT2D eigenvalue weighted by atomic mass is 9.40. The largest absolute Gasteiger partial charge is 0.359 e. The Kier molecular flexibility index (Phi) is 2.15. The molecule has 3 heteroatoms. The maximum absolute atomic E-state index is 12.0. The molecule has 0 saturated heterocycles. The fourth-order valence-corrected chi connectivity index (χ4v) is 3.95. The van der Waals surface area contributed by atoms with E-state index in [2.05, 4.69) is 6.92 Å². The SMILES string of the molecule is COCOC1C2CC3CC(C)C(=O)C1C32. The maximum Gasteiger partial charge on any atom is 0.146 e. The summed E-state index contributed by atoms with van der Waals surface area (Å²) in [6, 6.07) is 0. The third kappa shape index (κ3) is 1.16. The van der Waals surface area contributed by atoms with Gasteiger partial charge >= 0.3 is 0 Å². The Balaban J connectivity index is 1.71. The molecule has 0 radical (unpaired) electrons. The van der Waals surface area contributed by atoms with Crippen LogP contribution < -0.4 is 0 Å². The second-order valence-corrected chi connectivity index (χ2v) is 5.34. The van der Waals surface area contributed by atoms with Crippen molar-refractivity contribution in [3.8, 4) is 0 Å². The van der Waals surface area contributed by atoms with E-state index >= 15 is 0 Å². The third-order valence-electron chi connectivity index (χ3n) is 4.65. The molecule has 0 aromatic heterocycles. The fraction of sp³-hybridized carbons (Fsp3) is 0.917. The lowest BCUT2D eigenvalue weighted by Gasteiger charge is -2.65. The third-order valence-corrected chi connectivity index (χ3v) is 4.65. The first-order chi connectivity index (χ1) is 7.24. The molecule has 3 saturated carbocycles. The molecule has 6 unspecified atom stereocenters. The van der Waals surface area contributed by atoms with Gasteiger partial charge in [0.1, 0.15) is 12.6 Å². The predicted octanol–water partition coefficient (Wildman–Crippen LogP) is 1.47. The number of carbonyl (C=O) groups is 1. The summed E-state index contributed by atoms with van der Waals surface area (Å²) in [4.78, 5) is 12.0. The average molecular weight is 210 g/mol. The van der Waals surface area contributed by atoms with Crippen molar-refractivity contribution >= 4 is 5.78 Å². The summed E-state index contributed by atoms with van der Waals surface area (Å²) in [6.07, 6.45) is 2.56. The summed E-state index contributed by atoms with van der Waals surface area (Å²) in [5.41, 5.74) is 0. The van der Waals surface area contributed by atoms with Crippen molar-refractivity contribution < 1.29 is 14.3 Å². The van der Waals surface area contributed by atoms with Crippen LogP contribution in [0.25, 0.3) is 0 Å². The minimum Gasteiger partial charge on any atom is -0.359 e. The Morgan fingerprint density at radius 2 is 2.20 bits per heavy atom. The fourth-order valence-electron chi connectivity index (χ4n) is 3.95. The first-order valence-electron chi connectivity index (χ1n) is 5.88. The first-order valence-corrected chi connectivity index (χ1v) is 5.88. The average Bonchev–Trinajstić information content (AvgIpc) is 2.19. The van der Waals surface area contributed by atoms with Gasteiger partial charge in [-0.05, 0) is 30.6 Å². The van der Waals surface area contributed by atoms with Gasteiger partial charge in [-0.2, -0.15) is 0 Å². The van der Waals surface area contributed by atoms with Gasteiger partial charge in [0.15, 0.2) is 0 Å². The van der Waals surface area contributed by atoms with Gasteiger partial charge in [-0.25, -0.2) is 0 Å². The number of Topliss-reactive ketones (excluding diaryl/α,β-unsaturated/α-hetero) is 1. The van der Waals surface area contributed by atoms with E-state index in [1.165, 1.54) is 6.42 Å². The quantitative estimate of drug-likeness (QED) is 0.662. The molecule has 0 aromatic carbocycles. The summed E-state index contributed by atoms with van der Waals surface area (Å²) < 4.78 is 10.5. The molecule has 84 valence electrons. The Morgan fingerprint density at radius 3 is 2.93 bits per heavy atom. The molecule has 15 heavy (non-hydrogen) atoms. The van der Waals surface area contributed by atoms with Gasteiger partial charge < -0.3 is 9.47 Å². The molecule has 3 aliphatic carbocycles. The summed E-state index contributed by atoms with van der Waals surface area (Å²) in [6.45, 7) is 2.40. The molecule has 0 spiro atoms. The van der Waals surface area contributed by atoms with Crippen LogP contribution in [0.15, 0.2) is 0 Å². The van der Waals surface area contributed by atoms with Crippen molar-refractivity contribution in [3.63, 3.8) is 0 Å². The topological polar surface area (TPSA) is 35.5 Å². The number of hydrogen-bond acceptors (Lipinski definition) is 3. The van der Waals surface area contributed by atoms with Crippen molar-refractivity contribution in [1.82, 2.24) is 0 Å². The Morgan fingerprint density at radius 1 is 1.40 bits per heavy atom. The van der Waals surface area contributed by atoms with E-state index in [9.17, 15) is 4.79 Å². The van der Waals surface area contributed by atoms with E-state index in [0.29, 0.717) is 24.4 Å². The van der Waals surface area contributed by atoms with Crippen LogP contribution in [-0.2, 0) is 14.3 Å². The van der Waals surface area contributed by atoms with E-state index in [0.717, 1.165) is 12.3 Å². The van der Waals surface area contributed by atoms with E-state index in [-0.39, 0.29) is 17.9 Å². The van der Waals surface area contributed by atoms with Gasteiger partial charge in [0, 0.05) is 18.9 Å². The minimum absolute atomic E-state index is 0.168. The van der Waals surface area contributed by atoms with E-state index < -0.39 is 0 Å². The second-order valence-electron chi connectivity index (χ2n) is 5.34. The molecule has 0 bridgehead atoms. The van der Waals surface area contributed by atoms with E-state index in [1.807, 2.05) is 0 Å². The van der Waals surface area contributed by atoms with Crippen LogP contribution in [0.5, 0.6) is 0 Å². The van der Waals surface area contributed by atoms with Crippen molar-refractivity contribution in [1.29, 1.82) is 0 Å². The molecule has 0 amide bonds. The molecular formula is C12H18O3. The van der Waals surface area contributed by atoms with Gasteiger partial charge in [-0.1, -0.05) is 6.92 Å². The highest BCUT2D eigenvalue weighted by atomic mass is 16.7. The van der Waals surface area contributed by atoms with Crippen LogP contribution in [0.4, 0.5) is 0 Å². The summed E-state index contributed by atoms with van der Waals surface area (Å²) in [7, 11) is 1.63. The second kappa shape index (κ2) is 3.29. The molecule has 3 rings (SSSR count). The molecule has 0 aromatic rings. The first kappa shape index (κ1) is 9.79. The van der Waals surface area contributed by atoms with Gasteiger partial charge in [-0.15, -0.1) is 0 Å². The molecule has 6 atom stereocenters. The summed E-state index contributed by atoms with van der Waals surface area (Å²) >= 11 is 0. The van der Waals surface area contributed by atoms with Crippen LogP contribution in [0, 0.1) is 29.6 Å². The lowest BCUT2D eigenvalue weighted by molar-refractivity contribution is -0.251. The lowest BCUT2D eigenvalue weighted by Crippen LogP contribution is -2.68. The number of ether oxygens (including phenoxy) is 2. The van der Waals surface area contributed by atoms with E-state index in [1.54, 1.807) is 7.11 Å². The van der Waals surface area contributed by atoms with E-state index in [4.69, 9.17) is 9.47 Å². The molecular weight excluding hydrogens is 192 g/mol. The standard InChI is InChI=1S/C12H18O3/c1-6-3-7-4-8-9(7)10(11(6)13)12(8)15-5-14-2/h6-10,12H,3-5H2,1-2H3. The summed E-state index contributed by atoms with van der Waals surface area (Å²) in [5, 5.41) is 0. The zero-order valence-electron chi connectivity index (χ0n) is 9.31. The zero-order valence-corrected chi connectivity index (χ0v) is 9.31. The maximum atomic E-state index is 12.0. The zero-order chi connectivity index (χ0) is 10.6. The Bertz CT molecular complexity index is 289. The van der Waals surface area contributed by atoms with Crippen LogP contribution in [0.1, 0.15) is 19.8 Å². The number of hydrogen-bond donors (Lipinski definition) is 0. The van der Waals surface area contributed by atoms with Gasteiger partial charge in [0.25, 0.3) is 0 Å². The van der Waals surface area contributed by atoms with Crippen LogP contribution >= 0.6 is 0 Å². The smallest absolute Gasteiger partial charge is 0.146 e. The van der Waals surface area contributed by atoms with Crippen molar-refractivity contribution in [2.45, 2.75) is 25.9 Å². The highest BCUT2D eigenvalue weighted by Crippen LogP contribution is 2.64. The van der Waals surface area contributed by atoms with Crippen molar-refractivity contribution in [2.75, 3.05) is 13.9 Å². The normalized spacial score (nSPS) is 51.7. The summed E-state index contributed by atoms with van der Waals surface area (Å²) in [5.74, 6) is 3.03. The van der Waals surface area contributed by atoms with Gasteiger partial charge in [0.05, 0.1) is 6.10 Å². The molecule has 3 nitrogen and oxygen atoms in total. The number of methoxy groups -OCH3 is 1. The van der Waals surface area contributed by atoms with Crippen molar-refractivity contribution in [3.05, 3.63) is 0 Å². The molecule has 3 fully saturated rings. The Labute approximate surface area is 90.1 Å². The molecule has 0 heterocycles. The van der Waals surface area contributed by atoms with Crippen LogP contribution in [0.2, 0.25) is 0 Å². The number of rotatable bonds is 3. The van der Waals surface area contributed by atoms with Crippen LogP contribution in [-0.4, -0.2) is 25.8 Å².